The average molecular weight is 362 g/mol. The first-order valence-corrected chi connectivity index (χ1v) is 8.23. The van der Waals surface area contributed by atoms with Crippen molar-refractivity contribution in [3.63, 3.8) is 0 Å². The van der Waals surface area contributed by atoms with Gasteiger partial charge in [0.15, 0.2) is 0 Å². The van der Waals surface area contributed by atoms with Crippen molar-refractivity contribution in [2.24, 2.45) is 0 Å². The normalized spacial score (nSPS) is 11.4. The van der Waals surface area contributed by atoms with Gasteiger partial charge in [-0.25, -0.2) is 4.98 Å². The first-order chi connectivity index (χ1) is 11.8. The van der Waals surface area contributed by atoms with E-state index in [0.29, 0.717) is 0 Å². The van der Waals surface area contributed by atoms with Crippen molar-refractivity contribution in [1.29, 1.82) is 0 Å². The van der Waals surface area contributed by atoms with Crippen molar-refractivity contribution < 1.29 is 18.0 Å². The Morgan fingerprint density at radius 3 is 2.36 bits per heavy atom. The van der Waals surface area contributed by atoms with Gasteiger partial charge < -0.3 is 5.32 Å². The number of hydrogen-bond donors (Lipinski definition) is 1. The van der Waals surface area contributed by atoms with E-state index >= 15 is 0 Å². The topological polar surface area (TPSA) is 42.0 Å². The lowest BCUT2D eigenvalue weighted by atomic mass is 10.1. The maximum Gasteiger partial charge on any atom is 0.418 e. The molecule has 0 spiro atoms. The zero-order valence-corrected chi connectivity index (χ0v) is 13.9. The number of alkyl halides is 3. The predicted molar refractivity (Wildman–Crippen MR) is 91.7 cm³/mol. The van der Waals surface area contributed by atoms with E-state index in [4.69, 9.17) is 0 Å². The Hall–Kier alpha value is -2.67. The minimum absolute atomic E-state index is 0.265. The van der Waals surface area contributed by atoms with E-state index in [9.17, 15) is 18.0 Å². The summed E-state index contributed by atoms with van der Waals surface area (Å²) in [6.45, 7) is 1.90. The van der Waals surface area contributed by atoms with Crippen molar-refractivity contribution in [2.45, 2.75) is 13.1 Å². The molecule has 0 aliphatic rings. The van der Waals surface area contributed by atoms with Gasteiger partial charge in [-0.3, -0.25) is 4.79 Å². The number of carbonyl (C=O) groups is 1. The second kappa shape index (κ2) is 6.68. The van der Waals surface area contributed by atoms with E-state index < -0.39 is 17.6 Å². The standard InChI is InChI=1S/C18H13F3N2OS/c1-11-22-16(10-25-11)12-6-8-13(9-7-12)17(24)23-15-5-3-2-4-14(15)18(19,20)21/h2-10H,1H3,(H,23,24). The maximum atomic E-state index is 13.0. The molecule has 0 unspecified atom stereocenters. The number of nitrogens with one attached hydrogen (secondary N) is 1. The Balaban J connectivity index is 1.81. The van der Waals surface area contributed by atoms with Crippen molar-refractivity contribution >= 4 is 22.9 Å². The molecule has 0 saturated heterocycles. The largest absolute Gasteiger partial charge is 0.418 e. The Bertz CT molecular complexity index is 901. The maximum absolute atomic E-state index is 13.0. The fourth-order valence-corrected chi connectivity index (χ4v) is 2.94. The molecule has 0 saturated carbocycles. The van der Waals surface area contributed by atoms with Crippen molar-refractivity contribution in [1.82, 2.24) is 4.98 Å². The SMILES string of the molecule is Cc1nc(-c2ccc(C(=O)Nc3ccccc3C(F)(F)F)cc2)cs1. The second-order valence-corrected chi connectivity index (χ2v) is 6.39. The summed E-state index contributed by atoms with van der Waals surface area (Å²) in [5.41, 5.74) is 0.776. The third kappa shape index (κ3) is 3.88. The first kappa shape index (κ1) is 17.2. The Kier molecular flexibility index (Phi) is 4.59. The Morgan fingerprint density at radius 1 is 1.08 bits per heavy atom. The Labute approximate surface area is 146 Å². The molecule has 1 aromatic heterocycles. The van der Waals surface area contributed by atoms with Crippen LogP contribution in [0.2, 0.25) is 0 Å². The fraction of sp³-hybridized carbons (Fsp3) is 0.111. The number of halogens is 3. The number of benzene rings is 2. The molecule has 3 aromatic rings. The number of carbonyl (C=O) groups excluding carboxylic acids is 1. The second-order valence-electron chi connectivity index (χ2n) is 5.33. The summed E-state index contributed by atoms with van der Waals surface area (Å²) in [7, 11) is 0. The summed E-state index contributed by atoms with van der Waals surface area (Å²) in [5, 5.41) is 5.16. The molecule has 128 valence electrons. The summed E-state index contributed by atoms with van der Waals surface area (Å²) in [4.78, 5) is 16.6. The molecule has 0 radical (unpaired) electrons. The number of anilines is 1. The van der Waals surface area contributed by atoms with Crippen molar-refractivity contribution in [3.05, 3.63) is 70.0 Å². The molecular formula is C18H13F3N2OS. The highest BCUT2D eigenvalue weighted by atomic mass is 32.1. The first-order valence-electron chi connectivity index (χ1n) is 7.35. The summed E-state index contributed by atoms with van der Waals surface area (Å²) in [6, 6.07) is 11.5. The third-order valence-corrected chi connectivity index (χ3v) is 4.32. The number of hydrogen-bond acceptors (Lipinski definition) is 3. The predicted octanol–water partition coefficient (Wildman–Crippen LogP) is 5.39. The smallest absolute Gasteiger partial charge is 0.321 e. The molecule has 0 atom stereocenters. The van der Waals surface area contributed by atoms with Crippen molar-refractivity contribution in [2.75, 3.05) is 5.32 Å². The van der Waals surface area contributed by atoms with Gasteiger partial charge in [0.1, 0.15) is 0 Å². The van der Waals surface area contributed by atoms with Gasteiger partial charge in [0.05, 0.1) is 22.0 Å². The number of aromatic nitrogens is 1. The monoisotopic (exact) mass is 362 g/mol. The molecule has 3 nitrogen and oxygen atoms in total. The van der Waals surface area contributed by atoms with Crippen LogP contribution in [-0.4, -0.2) is 10.9 Å². The van der Waals surface area contributed by atoms with Crippen LogP contribution in [0.4, 0.5) is 18.9 Å². The van der Waals surface area contributed by atoms with E-state index in [1.807, 2.05) is 12.3 Å². The zero-order valence-electron chi connectivity index (χ0n) is 13.1. The van der Waals surface area contributed by atoms with Gasteiger partial charge in [-0.15, -0.1) is 11.3 Å². The lowest BCUT2D eigenvalue weighted by Gasteiger charge is -2.13. The highest BCUT2D eigenvalue weighted by Gasteiger charge is 2.33. The van der Waals surface area contributed by atoms with Gasteiger partial charge in [-0.1, -0.05) is 24.3 Å². The van der Waals surface area contributed by atoms with Crippen molar-refractivity contribution in [3.8, 4) is 11.3 Å². The van der Waals surface area contributed by atoms with Crippen LogP contribution in [0.1, 0.15) is 20.9 Å². The van der Waals surface area contributed by atoms with E-state index in [1.165, 1.54) is 29.5 Å². The van der Waals surface area contributed by atoms with Gasteiger partial charge in [0.25, 0.3) is 5.91 Å². The molecule has 0 aliphatic heterocycles. The average Bonchev–Trinajstić information content (AvgIpc) is 3.01. The summed E-state index contributed by atoms with van der Waals surface area (Å²) in [5.74, 6) is -0.599. The quantitative estimate of drug-likeness (QED) is 0.679. The molecule has 0 fully saturated rings. The number of rotatable bonds is 3. The number of nitrogens with zero attached hydrogens (tertiary/aromatic N) is 1. The van der Waals surface area contributed by atoms with Crippen LogP contribution in [0.25, 0.3) is 11.3 Å². The lowest BCUT2D eigenvalue weighted by molar-refractivity contribution is -0.136. The van der Waals surface area contributed by atoms with Crippen LogP contribution >= 0.6 is 11.3 Å². The van der Waals surface area contributed by atoms with E-state index in [2.05, 4.69) is 10.3 Å². The minimum atomic E-state index is -4.53. The fourth-order valence-electron chi connectivity index (χ4n) is 2.32. The summed E-state index contributed by atoms with van der Waals surface area (Å²) >= 11 is 1.52. The van der Waals surface area contributed by atoms with Crippen LogP contribution in [-0.2, 0) is 6.18 Å². The third-order valence-electron chi connectivity index (χ3n) is 3.54. The molecule has 2 aromatic carbocycles. The molecule has 0 bridgehead atoms. The van der Waals surface area contributed by atoms with E-state index in [0.717, 1.165) is 22.3 Å². The van der Waals surface area contributed by atoms with Crippen LogP contribution in [0.5, 0.6) is 0 Å². The molecule has 1 amide bonds. The summed E-state index contributed by atoms with van der Waals surface area (Å²) < 4.78 is 39.0. The van der Waals surface area contributed by atoms with Crippen LogP contribution in [0.3, 0.4) is 0 Å². The molecule has 3 rings (SSSR count). The van der Waals surface area contributed by atoms with Gasteiger partial charge >= 0.3 is 6.18 Å². The van der Waals surface area contributed by atoms with Gasteiger partial charge in [-0.2, -0.15) is 13.2 Å². The number of aryl methyl sites for hydroxylation is 1. The molecular weight excluding hydrogens is 349 g/mol. The van der Waals surface area contributed by atoms with Crippen LogP contribution in [0.15, 0.2) is 53.9 Å². The molecule has 1 N–H and O–H groups in total. The minimum Gasteiger partial charge on any atom is -0.321 e. The Morgan fingerprint density at radius 2 is 1.76 bits per heavy atom. The number of thiazole rings is 1. The number of para-hydroxylation sites is 1. The van der Waals surface area contributed by atoms with Crippen LogP contribution in [0, 0.1) is 6.92 Å². The molecule has 25 heavy (non-hydrogen) atoms. The molecule has 7 heteroatoms. The lowest BCUT2D eigenvalue weighted by Crippen LogP contribution is -2.16. The van der Waals surface area contributed by atoms with Gasteiger partial charge in [0.2, 0.25) is 0 Å². The molecule has 0 aliphatic carbocycles. The zero-order chi connectivity index (χ0) is 18.0. The highest BCUT2D eigenvalue weighted by Crippen LogP contribution is 2.34. The van der Waals surface area contributed by atoms with Gasteiger partial charge in [-0.05, 0) is 31.2 Å². The summed E-state index contributed by atoms with van der Waals surface area (Å²) in [6.07, 6.45) is -4.53. The van der Waals surface area contributed by atoms with E-state index in [1.54, 1.807) is 24.3 Å². The molecule has 1 heterocycles. The van der Waals surface area contributed by atoms with Gasteiger partial charge in [0, 0.05) is 16.5 Å². The van der Waals surface area contributed by atoms with E-state index in [-0.39, 0.29) is 11.3 Å². The number of amides is 1. The van der Waals surface area contributed by atoms with Crippen LogP contribution < -0.4 is 5.32 Å². The highest BCUT2D eigenvalue weighted by molar-refractivity contribution is 7.09.